The van der Waals surface area contributed by atoms with Gasteiger partial charge in [-0.25, -0.2) is 4.79 Å². The fourth-order valence-electron chi connectivity index (χ4n) is 1.82. The molecule has 0 atom stereocenters. The van der Waals surface area contributed by atoms with Gasteiger partial charge in [-0.1, -0.05) is 23.8 Å². The average Bonchev–Trinajstić information content (AvgIpc) is 2.32. The molecule has 0 bridgehead atoms. The minimum Gasteiger partial charge on any atom is -0.449 e. The average molecular weight is 233 g/mol. The molecular formula is C13H15NO3. The Balaban J connectivity index is 2.03. The molecule has 0 unspecified atom stereocenters. The monoisotopic (exact) mass is 233 g/mol. The van der Waals surface area contributed by atoms with Crippen LogP contribution >= 0.6 is 0 Å². The fraction of sp³-hybridized carbons (Fsp3) is 0.385. The molecule has 1 aromatic carbocycles. The Morgan fingerprint density at radius 2 is 2.29 bits per heavy atom. The number of aryl methyl sites for hydroxylation is 1. The first-order valence-corrected chi connectivity index (χ1v) is 5.68. The molecule has 17 heavy (non-hydrogen) atoms. The first-order valence-electron chi connectivity index (χ1n) is 5.68. The summed E-state index contributed by atoms with van der Waals surface area (Å²) in [6, 6.07) is 7.38. The molecule has 0 saturated carbocycles. The molecule has 4 nitrogen and oxygen atoms in total. The molecule has 1 fully saturated rings. The lowest BCUT2D eigenvalue weighted by Crippen LogP contribution is -2.40. The van der Waals surface area contributed by atoms with Crippen molar-refractivity contribution in [1.29, 1.82) is 0 Å². The number of rotatable bonds is 3. The maximum absolute atomic E-state index is 12.0. The zero-order valence-corrected chi connectivity index (χ0v) is 9.81. The van der Waals surface area contributed by atoms with Gasteiger partial charge in [-0.15, -0.1) is 0 Å². The van der Waals surface area contributed by atoms with Gasteiger partial charge in [0, 0.05) is 12.1 Å². The molecule has 0 spiro atoms. The topological polar surface area (TPSA) is 46.6 Å². The second-order valence-corrected chi connectivity index (χ2v) is 4.18. The number of cyclic esters (lactones) is 1. The second kappa shape index (κ2) is 4.99. The molecule has 4 heteroatoms. The highest BCUT2D eigenvalue weighted by molar-refractivity contribution is 5.99. The van der Waals surface area contributed by atoms with Gasteiger partial charge >= 0.3 is 6.09 Å². The van der Waals surface area contributed by atoms with E-state index in [1.54, 1.807) is 6.07 Å². The maximum Gasteiger partial charge on any atom is 0.410 e. The van der Waals surface area contributed by atoms with Crippen LogP contribution in [0, 0.1) is 6.92 Å². The number of ketones is 1. The number of carbonyl (C=O) groups is 2. The summed E-state index contributed by atoms with van der Waals surface area (Å²) in [5, 5.41) is 0. The van der Waals surface area contributed by atoms with E-state index in [1.807, 2.05) is 25.1 Å². The van der Waals surface area contributed by atoms with Gasteiger partial charge in [0.1, 0.15) is 0 Å². The van der Waals surface area contributed by atoms with Crippen molar-refractivity contribution >= 4 is 11.9 Å². The van der Waals surface area contributed by atoms with Crippen LogP contribution in [-0.2, 0) is 4.74 Å². The van der Waals surface area contributed by atoms with Crippen LogP contribution in [0.2, 0.25) is 0 Å². The van der Waals surface area contributed by atoms with Crippen molar-refractivity contribution in [2.75, 3.05) is 19.7 Å². The third kappa shape index (κ3) is 2.84. The maximum atomic E-state index is 12.0. The largest absolute Gasteiger partial charge is 0.449 e. The Hall–Kier alpha value is -1.84. The summed E-state index contributed by atoms with van der Waals surface area (Å²) in [5.41, 5.74) is 1.68. The first-order chi connectivity index (χ1) is 8.16. The van der Waals surface area contributed by atoms with Crippen LogP contribution in [0.15, 0.2) is 24.3 Å². The van der Waals surface area contributed by atoms with Gasteiger partial charge in [0.15, 0.2) is 5.78 Å². The Bertz CT molecular complexity index is 442. The van der Waals surface area contributed by atoms with Crippen LogP contribution in [0.1, 0.15) is 22.3 Å². The summed E-state index contributed by atoms with van der Waals surface area (Å²) in [6.45, 7) is 3.08. The van der Waals surface area contributed by atoms with Crippen molar-refractivity contribution in [2.45, 2.75) is 13.3 Å². The quantitative estimate of drug-likeness (QED) is 0.750. The molecule has 0 radical (unpaired) electrons. The fourth-order valence-corrected chi connectivity index (χ4v) is 1.82. The van der Waals surface area contributed by atoms with Crippen LogP contribution in [0.5, 0.6) is 0 Å². The van der Waals surface area contributed by atoms with Crippen LogP contribution in [0.25, 0.3) is 0 Å². The van der Waals surface area contributed by atoms with E-state index in [4.69, 9.17) is 4.74 Å². The summed E-state index contributed by atoms with van der Waals surface area (Å²) in [5.74, 6) is -0.0486. The summed E-state index contributed by atoms with van der Waals surface area (Å²) in [4.78, 5) is 24.8. The molecule has 0 aromatic heterocycles. The summed E-state index contributed by atoms with van der Waals surface area (Å²) >= 11 is 0. The third-order valence-electron chi connectivity index (χ3n) is 2.73. The molecule has 1 aliphatic heterocycles. The van der Waals surface area contributed by atoms with Crippen molar-refractivity contribution in [3.8, 4) is 0 Å². The van der Waals surface area contributed by atoms with Crippen molar-refractivity contribution in [1.82, 2.24) is 4.90 Å². The lowest BCUT2D eigenvalue weighted by Gasteiger charge is -2.25. The van der Waals surface area contributed by atoms with Gasteiger partial charge in [0.05, 0.1) is 13.2 Å². The highest BCUT2D eigenvalue weighted by Gasteiger charge is 2.22. The van der Waals surface area contributed by atoms with Crippen molar-refractivity contribution in [2.24, 2.45) is 0 Å². The summed E-state index contributed by atoms with van der Waals surface area (Å²) in [7, 11) is 0. The number of ether oxygens (including phenoxy) is 1. The number of hydrogen-bond acceptors (Lipinski definition) is 3. The van der Waals surface area contributed by atoms with Gasteiger partial charge in [0.25, 0.3) is 0 Å². The van der Waals surface area contributed by atoms with Crippen molar-refractivity contribution in [3.05, 3.63) is 35.4 Å². The second-order valence-electron chi connectivity index (χ2n) is 4.18. The first kappa shape index (κ1) is 11.6. The molecule has 0 N–H and O–H groups in total. The molecule has 1 saturated heterocycles. The van der Waals surface area contributed by atoms with Gasteiger partial charge < -0.3 is 9.64 Å². The van der Waals surface area contributed by atoms with E-state index >= 15 is 0 Å². The smallest absolute Gasteiger partial charge is 0.410 e. The van der Waals surface area contributed by atoms with Crippen molar-refractivity contribution in [3.63, 3.8) is 0 Å². The molecule has 0 aliphatic carbocycles. The zero-order valence-electron chi connectivity index (χ0n) is 9.81. The van der Waals surface area contributed by atoms with E-state index in [0.29, 0.717) is 18.7 Å². The number of hydrogen-bond donors (Lipinski definition) is 0. The molecular weight excluding hydrogens is 218 g/mol. The third-order valence-corrected chi connectivity index (χ3v) is 2.73. The Morgan fingerprint density at radius 3 is 3.00 bits per heavy atom. The standard InChI is InChI=1S/C13H15NO3/c1-10-4-2-5-11(8-10)12(15)9-14-6-3-7-17-13(14)16/h2,4-5,8H,3,6-7,9H2,1H3. The van der Waals surface area contributed by atoms with Crippen LogP contribution in [0.4, 0.5) is 4.79 Å². The van der Waals surface area contributed by atoms with E-state index in [-0.39, 0.29) is 12.3 Å². The van der Waals surface area contributed by atoms with Gasteiger partial charge in [-0.3, -0.25) is 4.79 Å². The number of nitrogens with zero attached hydrogens (tertiary/aromatic N) is 1. The Morgan fingerprint density at radius 1 is 1.47 bits per heavy atom. The Kier molecular flexibility index (Phi) is 3.42. The van der Waals surface area contributed by atoms with E-state index < -0.39 is 6.09 Å². The van der Waals surface area contributed by atoms with E-state index in [2.05, 4.69) is 0 Å². The minimum absolute atomic E-state index is 0.0486. The summed E-state index contributed by atoms with van der Waals surface area (Å²) < 4.78 is 4.89. The van der Waals surface area contributed by atoms with E-state index in [9.17, 15) is 9.59 Å². The van der Waals surface area contributed by atoms with Gasteiger partial charge in [-0.05, 0) is 19.4 Å². The van der Waals surface area contributed by atoms with E-state index in [1.165, 1.54) is 4.90 Å². The molecule has 1 amide bonds. The highest BCUT2D eigenvalue weighted by atomic mass is 16.6. The SMILES string of the molecule is Cc1cccc(C(=O)CN2CCCOC2=O)c1. The minimum atomic E-state index is -0.391. The van der Waals surface area contributed by atoms with Gasteiger partial charge in [-0.2, -0.15) is 0 Å². The van der Waals surface area contributed by atoms with Crippen LogP contribution in [0.3, 0.4) is 0 Å². The number of Topliss-reactive ketones (excluding diaryl/α,β-unsaturated/α-hetero) is 1. The van der Waals surface area contributed by atoms with E-state index in [0.717, 1.165) is 12.0 Å². The van der Waals surface area contributed by atoms with Crippen LogP contribution < -0.4 is 0 Å². The predicted octanol–water partition coefficient (Wildman–Crippen LogP) is 2.02. The molecule has 2 rings (SSSR count). The molecule has 1 aromatic rings. The predicted molar refractivity (Wildman–Crippen MR) is 63.0 cm³/mol. The van der Waals surface area contributed by atoms with Gasteiger partial charge in [0.2, 0.25) is 0 Å². The lowest BCUT2D eigenvalue weighted by atomic mass is 10.1. The Labute approximate surface area is 100 Å². The number of amides is 1. The van der Waals surface area contributed by atoms with Crippen LogP contribution in [-0.4, -0.2) is 36.5 Å². The number of carbonyl (C=O) groups excluding carboxylic acids is 2. The highest BCUT2D eigenvalue weighted by Crippen LogP contribution is 2.09. The zero-order chi connectivity index (χ0) is 12.3. The number of benzene rings is 1. The molecule has 1 heterocycles. The molecule has 90 valence electrons. The molecule has 1 aliphatic rings. The summed E-state index contributed by atoms with van der Waals surface area (Å²) in [6.07, 6.45) is 0.393. The normalized spacial score (nSPS) is 15.6. The lowest BCUT2D eigenvalue weighted by molar-refractivity contribution is 0.0655. The van der Waals surface area contributed by atoms with Crippen molar-refractivity contribution < 1.29 is 14.3 Å².